The summed E-state index contributed by atoms with van der Waals surface area (Å²) in [6.45, 7) is 2.99. The molecule has 34 heavy (non-hydrogen) atoms. The van der Waals surface area contributed by atoms with Crippen LogP contribution in [0.2, 0.25) is 5.02 Å². The van der Waals surface area contributed by atoms with E-state index in [9.17, 15) is 9.59 Å². The maximum absolute atomic E-state index is 12.6. The molecule has 0 saturated carbocycles. The molecule has 3 N–H and O–H groups in total. The second-order valence-electron chi connectivity index (χ2n) is 8.83. The van der Waals surface area contributed by atoms with Gasteiger partial charge < -0.3 is 16.0 Å². The zero-order valence-electron chi connectivity index (χ0n) is 19.2. The third kappa shape index (κ3) is 6.54. The van der Waals surface area contributed by atoms with Crippen LogP contribution in [-0.2, 0) is 11.2 Å². The second-order valence-corrected chi connectivity index (χ2v) is 9.23. The number of ketones is 1. The fourth-order valence-electron chi connectivity index (χ4n) is 4.22. The number of nitrogens with zero attached hydrogens (tertiary/aromatic N) is 1. The number of hydrogen-bond donors (Lipinski definition) is 2. The number of benzene rings is 3. The Morgan fingerprint density at radius 2 is 1.62 bits per heavy atom. The summed E-state index contributed by atoms with van der Waals surface area (Å²) < 4.78 is 0. The van der Waals surface area contributed by atoms with E-state index in [2.05, 4.69) is 10.2 Å². The molecule has 1 fully saturated rings. The van der Waals surface area contributed by atoms with Crippen LogP contribution < -0.4 is 11.1 Å². The number of carbonyl (C=O) groups excluding carboxylic acids is 2. The fraction of sp³-hybridized carbons (Fsp3) is 0.286. The molecular formula is C28H30ClN3O2. The molecule has 0 spiro atoms. The Hall–Kier alpha value is -2.99. The number of hydrogen-bond acceptors (Lipinski definition) is 4. The molecule has 3 aromatic rings. The van der Waals surface area contributed by atoms with Crippen molar-refractivity contribution >= 4 is 29.0 Å². The third-order valence-corrected chi connectivity index (χ3v) is 6.65. The number of Topliss-reactive ketones (excluding diaryl/α,β-unsaturated/α-hetero) is 1. The maximum atomic E-state index is 12.6. The molecule has 6 heteroatoms. The highest BCUT2D eigenvalue weighted by Crippen LogP contribution is 2.23. The van der Waals surface area contributed by atoms with Crippen molar-refractivity contribution in [1.82, 2.24) is 4.90 Å². The van der Waals surface area contributed by atoms with Gasteiger partial charge in [0.2, 0.25) is 5.91 Å². The first-order valence-corrected chi connectivity index (χ1v) is 12.1. The molecule has 1 amide bonds. The van der Waals surface area contributed by atoms with E-state index < -0.39 is 0 Å². The van der Waals surface area contributed by atoms with Crippen molar-refractivity contribution in [3.63, 3.8) is 0 Å². The second kappa shape index (κ2) is 11.4. The van der Waals surface area contributed by atoms with Gasteiger partial charge in [-0.15, -0.1) is 0 Å². The van der Waals surface area contributed by atoms with Crippen molar-refractivity contribution in [1.29, 1.82) is 0 Å². The van der Waals surface area contributed by atoms with Crippen LogP contribution in [0.25, 0.3) is 11.1 Å². The van der Waals surface area contributed by atoms with Crippen molar-refractivity contribution in [2.45, 2.75) is 31.7 Å². The fourth-order valence-corrected chi connectivity index (χ4v) is 4.49. The number of carbonyl (C=O) groups is 2. The van der Waals surface area contributed by atoms with E-state index in [-0.39, 0.29) is 18.1 Å². The van der Waals surface area contributed by atoms with Gasteiger partial charge in [-0.2, -0.15) is 0 Å². The van der Waals surface area contributed by atoms with Gasteiger partial charge in [0.1, 0.15) is 0 Å². The van der Waals surface area contributed by atoms with Crippen LogP contribution in [0.4, 0.5) is 5.69 Å². The van der Waals surface area contributed by atoms with Crippen molar-refractivity contribution in [3.8, 4) is 11.1 Å². The molecule has 1 aliphatic rings. The molecule has 1 aliphatic heterocycles. The Kier molecular flexibility index (Phi) is 8.12. The van der Waals surface area contributed by atoms with E-state index in [1.807, 2.05) is 54.6 Å². The number of nitrogens with one attached hydrogen (secondary N) is 1. The quantitative estimate of drug-likeness (QED) is 0.347. The number of piperidine rings is 1. The van der Waals surface area contributed by atoms with Crippen LogP contribution in [0.5, 0.6) is 0 Å². The monoisotopic (exact) mass is 475 g/mol. The zero-order valence-corrected chi connectivity index (χ0v) is 19.9. The summed E-state index contributed by atoms with van der Waals surface area (Å²) in [5.41, 5.74) is 10.2. The van der Waals surface area contributed by atoms with Crippen LogP contribution >= 0.6 is 11.6 Å². The van der Waals surface area contributed by atoms with Crippen LogP contribution in [0.3, 0.4) is 0 Å². The predicted molar refractivity (Wildman–Crippen MR) is 138 cm³/mol. The van der Waals surface area contributed by atoms with Gasteiger partial charge in [0.25, 0.3) is 0 Å². The van der Waals surface area contributed by atoms with Crippen molar-refractivity contribution in [2.75, 3.05) is 25.0 Å². The molecule has 0 bridgehead atoms. The smallest absolute Gasteiger partial charge is 0.232 e. The summed E-state index contributed by atoms with van der Waals surface area (Å²) >= 11 is 6.46. The molecule has 176 valence electrons. The van der Waals surface area contributed by atoms with E-state index in [0.717, 1.165) is 55.6 Å². The maximum Gasteiger partial charge on any atom is 0.232 e. The molecule has 0 atom stereocenters. The molecule has 5 nitrogen and oxygen atoms in total. The number of anilines is 1. The summed E-state index contributed by atoms with van der Waals surface area (Å²) in [6.07, 6.45) is 2.70. The van der Waals surface area contributed by atoms with Gasteiger partial charge >= 0.3 is 0 Å². The molecule has 1 heterocycles. The average Bonchev–Trinajstić information content (AvgIpc) is 2.85. The van der Waals surface area contributed by atoms with Gasteiger partial charge in [-0.25, -0.2) is 0 Å². The summed E-state index contributed by atoms with van der Waals surface area (Å²) in [5, 5.41) is 3.41. The Labute approximate surface area is 205 Å². The first-order chi connectivity index (χ1) is 16.5. The first kappa shape index (κ1) is 24.1. The normalized spacial score (nSPS) is 14.6. The van der Waals surface area contributed by atoms with Crippen molar-refractivity contribution in [2.24, 2.45) is 5.73 Å². The van der Waals surface area contributed by atoms with Gasteiger partial charge in [0.05, 0.1) is 6.42 Å². The number of amides is 1. The summed E-state index contributed by atoms with van der Waals surface area (Å²) in [4.78, 5) is 27.4. The van der Waals surface area contributed by atoms with Crippen molar-refractivity contribution in [3.05, 3.63) is 88.9 Å². The lowest BCUT2D eigenvalue weighted by atomic mass is 10.0. The van der Waals surface area contributed by atoms with Crippen molar-refractivity contribution < 1.29 is 9.59 Å². The lowest BCUT2D eigenvalue weighted by molar-refractivity contribution is -0.115. The lowest BCUT2D eigenvalue weighted by Gasteiger charge is -2.30. The Balaban J connectivity index is 1.28. The Bertz CT molecular complexity index is 1120. The minimum absolute atomic E-state index is 0.221. The van der Waals surface area contributed by atoms with E-state index in [4.69, 9.17) is 17.3 Å². The minimum Gasteiger partial charge on any atom is -0.328 e. The van der Waals surface area contributed by atoms with Gasteiger partial charge in [0.15, 0.2) is 5.78 Å². The van der Waals surface area contributed by atoms with Crippen LogP contribution in [-0.4, -0.2) is 42.3 Å². The van der Waals surface area contributed by atoms with E-state index >= 15 is 0 Å². The standard InChI is InChI=1S/C28H30ClN3O2/c29-26-18-25(11-10-22(26)12-15-32-16-13-24(30)14-17-32)31-28(34)19-27(33)23-8-6-21(7-9-23)20-4-2-1-3-5-20/h1-11,18,24H,12-17,19,30H2,(H,31,34). The van der Waals surface area contributed by atoms with Gasteiger partial charge in [-0.05, 0) is 61.2 Å². The van der Waals surface area contributed by atoms with E-state index in [1.54, 1.807) is 18.2 Å². The summed E-state index contributed by atoms with van der Waals surface area (Å²) in [7, 11) is 0. The highest BCUT2D eigenvalue weighted by Gasteiger charge is 2.16. The average molecular weight is 476 g/mol. The molecular weight excluding hydrogens is 446 g/mol. The number of rotatable bonds is 8. The third-order valence-electron chi connectivity index (χ3n) is 6.30. The SMILES string of the molecule is NC1CCN(CCc2ccc(NC(=O)CC(=O)c3ccc(-c4ccccc4)cc3)cc2Cl)CC1. The van der Waals surface area contributed by atoms with Crippen LogP contribution in [0.1, 0.15) is 35.2 Å². The molecule has 0 aromatic heterocycles. The summed E-state index contributed by atoms with van der Waals surface area (Å²) in [5.74, 6) is -0.577. The molecule has 0 unspecified atom stereocenters. The van der Waals surface area contributed by atoms with E-state index in [0.29, 0.717) is 22.3 Å². The highest BCUT2D eigenvalue weighted by molar-refractivity contribution is 6.31. The molecule has 0 radical (unpaired) electrons. The first-order valence-electron chi connectivity index (χ1n) is 11.7. The van der Waals surface area contributed by atoms with Gasteiger partial charge in [-0.3, -0.25) is 9.59 Å². The number of likely N-dealkylation sites (tertiary alicyclic amines) is 1. The molecule has 1 saturated heterocycles. The highest BCUT2D eigenvalue weighted by atomic mass is 35.5. The molecule has 4 rings (SSSR count). The molecule has 3 aromatic carbocycles. The molecule has 0 aliphatic carbocycles. The topological polar surface area (TPSA) is 75.4 Å². The largest absolute Gasteiger partial charge is 0.328 e. The van der Waals surface area contributed by atoms with Gasteiger partial charge in [0, 0.05) is 28.9 Å². The Morgan fingerprint density at radius 1 is 0.941 bits per heavy atom. The summed E-state index contributed by atoms with van der Waals surface area (Å²) in [6, 6.07) is 23.1. The zero-order chi connectivity index (χ0) is 23.9. The van der Waals surface area contributed by atoms with Crippen LogP contribution in [0, 0.1) is 0 Å². The minimum atomic E-state index is -0.356. The number of halogens is 1. The predicted octanol–water partition coefficient (Wildman–Crippen LogP) is 5.18. The number of nitrogens with two attached hydrogens (primary N) is 1. The Morgan fingerprint density at radius 3 is 2.29 bits per heavy atom. The van der Waals surface area contributed by atoms with Gasteiger partial charge in [-0.1, -0.05) is 72.3 Å². The van der Waals surface area contributed by atoms with E-state index in [1.165, 1.54) is 0 Å². The lowest BCUT2D eigenvalue weighted by Crippen LogP contribution is -2.40. The van der Waals surface area contributed by atoms with Crippen LogP contribution in [0.15, 0.2) is 72.8 Å².